The van der Waals surface area contributed by atoms with Gasteiger partial charge in [-0.2, -0.15) is 5.26 Å². The molecule has 2 aromatic rings. The van der Waals surface area contributed by atoms with Gasteiger partial charge < -0.3 is 20.7 Å². The maximum absolute atomic E-state index is 14.6. The first-order valence-corrected chi connectivity index (χ1v) is 11.8. The van der Waals surface area contributed by atoms with E-state index in [0.717, 1.165) is 38.5 Å². The lowest BCUT2D eigenvalue weighted by Crippen LogP contribution is -2.42. The minimum absolute atomic E-state index is 0.271. The number of rotatable bonds is 10. The van der Waals surface area contributed by atoms with Gasteiger partial charge in [-0.1, -0.05) is 6.07 Å². The standard InChI is InChI=1S/C25H33FN6O/c1-17(14-33-2)30-18-6-8-19(9-7-18)31-24-12-20(21(26)13-28-24)22-4-3-5-23(32-22)29-16-25(15-27)10-11-25/h3-5,12-13,17-19,30H,6-11,14,16H2,1-2H3,(H,28,31)(H,29,32)/t17-,18?,19?/m0/s1. The normalized spacial score (nSPS) is 22.2. The number of nitriles is 1. The fourth-order valence-electron chi connectivity index (χ4n) is 4.45. The third-order valence-corrected chi connectivity index (χ3v) is 6.60. The van der Waals surface area contributed by atoms with Gasteiger partial charge >= 0.3 is 0 Å². The van der Waals surface area contributed by atoms with Crippen molar-refractivity contribution in [3.8, 4) is 17.3 Å². The van der Waals surface area contributed by atoms with Crippen LogP contribution in [0.25, 0.3) is 11.3 Å². The summed E-state index contributed by atoms with van der Waals surface area (Å²) in [4.78, 5) is 8.84. The molecule has 7 nitrogen and oxygen atoms in total. The van der Waals surface area contributed by atoms with Gasteiger partial charge in [-0.15, -0.1) is 0 Å². The first-order valence-electron chi connectivity index (χ1n) is 11.8. The van der Waals surface area contributed by atoms with Crippen molar-refractivity contribution in [2.24, 2.45) is 5.41 Å². The molecule has 2 aliphatic carbocycles. The zero-order valence-electron chi connectivity index (χ0n) is 19.4. The van der Waals surface area contributed by atoms with Gasteiger partial charge in [0.25, 0.3) is 0 Å². The van der Waals surface area contributed by atoms with Crippen LogP contribution in [0.4, 0.5) is 16.0 Å². The van der Waals surface area contributed by atoms with Gasteiger partial charge in [0.15, 0.2) is 5.82 Å². The van der Waals surface area contributed by atoms with Gasteiger partial charge in [-0.05, 0) is 63.6 Å². The predicted octanol–water partition coefficient (Wildman–Crippen LogP) is 4.35. The van der Waals surface area contributed by atoms with Crippen LogP contribution in [0.1, 0.15) is 45.4 Å². The van der Waals surface area contributed by atoms with Crippen LogP contribution in [0.3, 0.4) is 0 Å². The number of pyridine rings is 2. The molecule has 2 aliphatic rings. The second kappa shape index (κ2) is 10.4. The number of ether oxygens (including phenoxy) is 1. The smallest absolute Gasteiger partial charge is 0.151 e. The van der Waals surface area contributed by atoms with Crippen molar-refractivity contribution in [1.29, 1.82) is 5.26 Å². The van der Waals surface area contributed by atoms with Crippen molar-refractivity contribution >= 4 is 11.6 Å². The number of nitrogens with one attached hydrogen (secondary N) is 3. The molecule has 2 saturated carbocycles. The fourth-order valence-corrected chi connectivity index (χ4v) is 4.45. The molecule has 0 saturated heterocycles. The molecule has 2 aromatic heterocycles. The van der Waals surface area contributed by atoms with Crippen LogP contribution < -0.4 is 16.0 Å². The van der Waals surface area contributed by atoms with Crippen molar-refractivity contribution in [2.75, 3.05) is 30.9 Å². The molecule has 3 N–H and O–H groups in total. The van der Waals surface area contributed by atoms with Crippen LogP contribution >= 0.6 is 0 Å². The lowest BCUT2D eigenvalue weighted by atomic mass is 9.90. The van der Waals surface area contributed by atoms with Crippen LogP contribution in [-0.4, -0.2) is 48.4 Å². The molecule has 0 bridgehead atoms. The summed E-state index contributed by atoms with van der Waals surface area (Å²) in [6.45, 7) is 3.42. The molecule has 8 heteroatoms. The minimum Gasteiger partial charge on any atom is -0.383 e. The quantitative estimate of drug-likeness (QED) is 0.493. The zero-order chi connectivity index (χ0) is 23.3. The van der Waals surface area contributed by atoms with E-state index in [-0.39, 0.29) is 5.41 Å². The van der Waals surface area contributed by atoms with Crippen molar-refractivity contribution in [3.63, 3.8) is 0 Å². The fraction of sp³-hybridized carbons (Fsp3) is 0.560. The first-order chi connectivity index (χ1) is 16.0. The Morgan fingerprint density at radius 1 is 1.21 bits per heavy atom. The molecule has 33 heavy (non-hydrogen) atoms. The Hall–Kier alpha value is -2.76. The Balaban J connectivity index is 1.37. The molecular formula is C25H33FN6O. The number of methoxy groups -OCH3 is 1. The second-order valence-electron chi connectivity index (χ2n) is 9.42. The summed E-state index contributed by atoms with van der Waals surface area (Å²) in [5.41, 5.74) is 0.693. The monoisotopic (exact) mass is 452 g/mol. The van der Waals surface area contributed by atoms with E-state index in [4.69, 9.17) is 4.74 Å². The van der Waals surface area contributed by atoms with Gasteiger partial charge in [0.05, 0.1) is 30.0 Å². The van der Waals surface area contributed by atoms with E-state index in [0.29, 0.717) is 54.2 Å². The van der Waals surface area contributed by atoms with Crippen molar-refractivity contribution in [2.45, 2.75) is 63.6 Å². The highest BCUT2D eigenvalue weighted by atomic mass is 19.1. The van der Waals surface area contributed by atoms with Gasteiger partial charge in [-0.25, -0.2) is 14.4 Å². The maximum atomic E-state index is 14.6. The number of aromatic nitrogens is 2. The van der Waals surface area contributed by atoms with E-state index in [1.807, 2.05) is 12.1 Å². The first kappa shape index (κ1) is 23.4. The Morgan fingerprint density at radius 2 is 1.97 bits per heavy atom. The van der Waals surface area contributed by atoms with Gasteiger partial charge in [0, 0.05) is 37.3 Å². The van der Waals surface area contributed by atoms with E-state index in [9.17, 15) is 9.65 Å². The van der Waals surface area contributed by atoms with E-state index in [2.05, 4.69) is 38.9 Å². The largest absolute Gasteiger partial charge is 0.383 e. The summed E-state index contributed by atoms with van der Waals surface area (Å²) in [7, 11) is 1.73. The van der Waals surface area contributed by atoms with E-state index in [1.54, 1.807) is 19.2 Å². The highest BCUT2D eigenvalue weighted by Gasteiger charge is 2.42. The minimum atomic E-state index is -0.402. The molecule has 0 radical (unpaired) electrons. The molecule has 0 aliphatic heterocycles. The number of hydrogen-bond acceptors (Lipinski definition) is 7. The third kappa shape index (κ3) is 6.18. The van der Waals surface area contributed by atoms with Crippen LogP contribution in [-0.2, 0) is 4.74 Å². The third-order valence-electron chi connectivity index (χ3n) is 6.60. The van der Waals surface area contributed by atoms with Crippen molar-refractivity contribution in [3.05, 3.63) is 36.3 Å². The van der Waals surface area contributed by atoms with Crippen LogP contribution in [0.5, 0.6) is 0 Å². The number of hydrogen-bond donors (Lipinski definition) is 3. The number of nitrogens with zero attached hydrogens (tertiary/aromatic N) is 3. The molecule has 1 atom stereocenters. The van der Waals surface area contributed by atoms with Crippen molar-refractivity contribution in [1.82, 2.24) is 15.3 Å². The van der Waals surface area contributed by atoms with Gasteiger partial charge in [0.2, 0.25) is 0 Å². The maximum Gasteiger partial charge on any atom is 0.151 e. The molecule has 0 aromatic carbocycles. The summed E-state index contributed by atoms with van der Waals surface area (Å²) >= 11 is 0. The Labute approximate surface area is 195 Å². The van der Waals surface area contributed by atoms with E-state index >= 15 is 0 Å². The van der Waals surface area contributed by atoms with Crippen LogP contribution in [0, 0.1) is 22.6 Å². The molecule has 2 heterocycles. The molecule has 4 rings (SSSR count). The molecule has 176 valence electrons. The Bertz CT molecular complexity index is 981. The summed E-state index contributed by atoms with van der Waals surface area (Å²) in [6, 6.07) is 10.8. The highest BCUT2D eigenvalue weighted by Crippen LogP contribution is 2.44. The van der Waals surface area contributed by atoms with Crippen LogP contribution in [0.15, 0.2) is 30.5 Å². The number of halogens is 1. The van der Waals surface area contributed by atoms with Gasteiger partial charge in [-0.3, -0.25) is 0 Å². The SMILES string of the molecule is COC[C@H](C)NC1CCC(Nc2cc(-c3cccc(NCC4(C#N)CC4)n3)c(F)cn2)CC1. The molecule has 0 amide bonds. The lowest BCUT2D eigenvalue weighted by Gasteiger charge is -2.31. The summed E-state index contributed by atoms with van der Waals surface area (Å²) in [5.74, 6) is 0.909. The molecule has 0 spiro atoms. The molecule has 0 unspecified atom stereocenters. The lowest BCUT2D eigenvalue weighted by molar-refractivity contribution is 0.161. The zero-order valence-corrected chi connectivity index (χ0v) is 19.4. The topological polar surface area (TPSA) is 94.9 Å². The summed E-state index contributed by atoms with van der Waals surface area (Å²) in [6.07, 6.45) is 7.31. The van der Waals surface area contributed by atoms with Crippen molar-refractivity contribution < 1.29 is 9.13 Å². The Kier molecular flexibility index (Phi) is 7.41. The summed E-state index contributed by atoms with van der Waals surface area (Å²) in [5, 5.41) is 19.6. The Morgan fingerprint density at radius 3 is 2.67 bits per heavy atom. The average molecular weight is 453 g/mol. The highest BCUT2D eigenvalue weighted by molar-refractivity contribution is 5.65. The van der Waals surface area contributed by atoms with Crippen LogP contribution in [0.2, 0.25) is 0 Å². The molecule has 2 fully saturated rings. The van der Waals surface area contributed by atoms with E-state index in [1.165, 1.54) is 6.20 Å². The number of anilines is 2. The second-order valence-corrected chi connectivity index (χ2v) is 9.42. The van der Waals surface area contributed by atoms with E-state index < -0.39 is 5.82 Å². The molecular weight excluding hydrogens is 419 g/mol. The predicted molar refractivity (Wildman–Crippen MR) is 127 cm³/mol. The van der Waals surface area contributed by atoms with Gasteiger partial charge in [0.1, 0.15) is 11.6 Å². The average Bonchev–Trinajstić information content (AvgIpc) is 3.61. The summed E-state index contributed by atoms with van der Waals surface area (Å²) < 4.78 is 19.8.